The Labute approximate surface area is 165 Å². The van der Waals surface area contributed by atoms with E-state index in [-0.39, 0.29) is 0 Å². The number of hydrogen-bond donors (Lipinski definition) is 4. The number of pyridine rings is 1. The number of aliphatic hydroxyl groups is 3. The van der Waals surface area contributed by atoms with E-state index in [2.05, 4.69) is 30.5 Å². The Kier molecular flexibility index (Phi) is 4.96. The van der Waals surface area contributed by atoms with Crippen LogP contribution >= 0.6 is 0 Å². The Bertz CT molecular complexity index is 1040. The molecule has 11 nitrogen and oxygen atoms in total. The minimum atomic E-state index is -1.29. The van der Waals surface area contributed by atoms with E-state index in [1.807, 2.05) is 19.1 Å². The standard InChI is InChI=1S/C18H21N7O4/c1-10(11-4-3-5-19-6-11)23-24-15-12-16(21-8-20-15)25(9-22-12)17-13(27)14(28)18(2,7-26)29-17/h3-6,8-9,13-14,17,26-28H,7H2,1-2H3,(H,20,21,24)/b23-10+/t13-,14+,17-,18-/m1/s1. The first kappa shape index (κ1) is 19.3. The Hall–Kier alpha value is -2.99. The molecular weight excluding hydrogens is 378 g/mol. The van der Waals surface area contributed by atoms with Gasteiger partial charge in [-0.15, -0.1) is 0 Å². The van der Waals surface area contributed by atoms with E-state index < -0.39 is 30.6 Å². The molecule has 1 aliphatic heterocycles. The molecule has 0 aliphatic carbocycles. The van der Waals surface area contributed by atoms with Gasteiger partial charge in [0.15, 0.2) is 23.2 Å². The van der Waals surface area contributed by atoms with Crippen LogP contribution in [0.1, 0.15) is 25.6 Å². The third-order valence-electron chi connectivity index (χ3n) is 4.99. The van der Waals surface area contributed by atoms with Gasteiger partial charge in [0.1, 0.15) is 24.1 Å². The summed E-state index contributed by atoms with van der Waals surface area (Å²) in [6, 6.07) is 3.71. The maximum absolute atomic E-state index is 10.4. The number of hydrazone groups is 1. The van der Waals surface area contributed by atoms with Crippen molar-refractivity contribution in [2.75, 3.05) is 12.0 Å². The Morgan fingerprint density at radius 2 is 2.17 bits per heavy atom. The van der Waals surface area contributed by atoms with Crippen molar-refractivity contribution in [3.63, 3.8) is 0 Å². The van der Waals surface area contributed by atoms with Crippen LogP contribution < -0.4 is 5.43 Å². The van der Waals surface area contributed by atoms with Crippen molar-refractivity contribution in [3.05, 3.63) is 42.7 Å². The minimum Gasteiger partial charge on any atom is -0.393 e. The van der Waals surface area contributed by atoms with Crippen LogP contribution in [-0.4, -0.2) is 70.0 Å². The summed E-state index contributed by atoms with van der Waals surface area (Å²) in [6.45, 7) is 2.91. The molecule has 3 aromatic rings. The van der Waals surface area contributed by atoms with Gasteiger partial charge in [-0.2, -0.15) is 5.10 Å². The molecule has 11 heteroatoms. The van der Waals surface area contributed by atoms with E-state index in [0.29, 0.717) is 22.7 Å². The van der Waals surface area contributed by atoms with Gasteiger partial charge < -0.3 is 20.1 Å². The van der Waals surface area contributed by atoms with Crippen LogP contribution in [-0.2, 0) is 4.74 Å². The lowest BCUT2D eigenvalue weighted by molar-refractivity contribution is -0.115. The van der Waals surface area contributed by atoms with Gasteiger partial charge in [-0.3, -0.25) is 15.0 Å². The summed E-state index contributed by atoms with van der Waals surface area (Å²) in [6.07, 6.45) is 2.67. The van der Waals surface area contributed by atoms with E-state index in [1.165, 1.54) is 24.1 Å². The number of rotatable bonds is 5. The number of anilines is 1. The van der Waals surface area contributed by atoms with E-state index >= 15 is 0 Å². The number of nitrogens with one attached hydrogen (secondary N) is 1. The summed E-state index contributed by atoms with van der Waals surface area (Å²) in [7, 11) is 0. The van der Waals surface area contributed by atoms with Crippen molar-refractivity contribution < 1.29 is 20.1 Å². The van der Waals surface area contributed by atoms with E-state index in [4.69, 9.17) is 4.74 Å². The summed E-state index contributed by atoms with van der Waals surface area (Å²) in [4.78, 5) is 16.8. The highest BCUT2D eigenvalue weighted by molar-refractivity contribution is 5.99. The summed E-state index contributed by atoms with van der Waals surface area (Å²) < 4.78 is 7.22. The maximum Gasteiger partial charge on any atom is 0.177 e. The number of fused-ring (bicyclic) bond motifs is 1. The molecule has 4 N–H and O–H groups in total. The molecule has 0 aromatic carbocycles. The van der Waals surface area contributed by atoms with Gasteiger partial charge in [0.2, 0.25) is 0 Å². The van der Waals surface area contributed by atoms with E-state index in [1.54, 1.807) is 12.4 Å². The highest BCUT2D eigenvalue weighted by Gasteiger charge is 2.52. The number of nitrogens with zero attached hydrogens (tertiary/aromatic N) is 6. The van der Waals surface area contributed by atoms with Crippen molar-refractivity contribution in [3.8, 4) is 0 Å². The Morgan fingerprint density at radius 3 is 2.86 bits per heavy atom. The molecule has 4 atom stereocenters. The molecule has 4 heterocycles. The number of hydrogen-bond acceptors (Lipinski definition) is 10. The third-order valence-corrected chi connectivity index (χ3v) is 4.99. The van der Waals surface area contributed by atoms with Crippen LogP contribution in [0.4, 0.5) is 5.82 Å². The predicted molar refractivity (Wildman–Crippen MR) is 103 cm³/mol. The topological polar surface area (TPSA) is 151 Å². The number of imidazole rings is 1. The van der Waals surface area contributed by atoms with Crippen LogP contribution in [0.2, 0.25) is 0 Å². The fourth-order valence-electron chi connectivity index (χ4n) is 3.18. The molecule has 0 bridgehead atoms. The number of aliphatic hydroxyl groups excluding tert-OH is 3. The maximum atomic E-state index is 10.4. The van der Waals surface area contributed by atoms with Gasteiger partial charge >= 0.3 is 0 Å². The highest BCUT2D eigenvalue weighted by Crippen LogP contribution is 2.38. The van der Waals surface area contributed by atoms with Crippen molar-refractivity contribution in [1.29, 1.82) is 0 Å². The molecule has 1 fully saturated rings. The van der Waals surface area contributed by atoms with E-state index in [0.717, 1.165) is 5.56 Å². The second-order valence-electron chi connectivity index (χ2n) is 7.01. The summed E-state index contributed by atoms with van der Waals surface area (Å²) in [5.41, 5.74) is 3.95. The second kappa shape index (κ2) is 7.44. The Morgan fingerprint density at radius 1 is 1.34 bits per heavy atom. The molecule has 4 rings (SSSR count). The number of aromatic nitrogens is 5. The van der Waals surface area contributed by atoms with Crippen LogP contribution in [0.5, 0.6) is 0 Å². The van der Waals surface area contributed by atoms with Gasteiger partial charge in [-0.25, -0.2) is 15.0 Å². The van der Waals surface area contributed by atoms with Gasteiger partial charge in [0.05, 0.1) is 18.6 Å². The molecule has 0 saturated carbocycles. The van der Waals surface area contributed by atoms with Crippen molar-refractivity contribution >= 4 is 22.7 Å². The average Bonchev–Trinajstić information content (AvgIpc) is 3.28. The quantitative estimate of drug-likeness (QED) is 0.345. The van der Waals surface area contributed by atoms with Crippen molar-refractivity contribution in [2.45, 2.75) is 37.9 Å². The molecule has 3 aromatic heterocycles. The molecule has 29 heavy (non-hydrogen) atoms. The van der Waals surface area contributed by atoms with Gasteiger partial charge in [-0.1, -0.05) is 6.07 Å². The molecular formula is C18H21N7O4. The first-order chi connectivity index (χ1) is 13.9. The molecule has 0 spiro atoms. The SMILES string of the molecule is C/C(=N\Nc1ncnc2c1ncn2[C@@H]1O[C@](C)(CO)[C@@H](O)[C@H]1O)c1cccnc1. The van der Waals surface area contributed by atoms with Crippen LogP contribution in [0.15, 0.2) is 42.3 Å². The van der Waals surface area contributed by atoms with Crippen LogP contribution in [0, 0.1) is 0 Å². The summed E-state index contributed by atoms with van der Waals surface area (Å²) in [5, 5.41) is 34.5. The van der Waals surface area contributed by atoms with Gasteiger partial charge in [0, 0.05) is 18.0 Å². The molecule has 152 valence electrons. The lowest BCUT2D eigenvalue weighted by Crippen LogP contribution is -2.43. The molecule has 1 saturated heterocycles. The molecule has 1 aliphatic rings. The summed E-state index contributed by atoms with van der Waals surface area (Å²) >= 11 is 0. The van der Waals surface area contributed by atoms with Crippen molar-refractivity contribution in [1.82, 2.24) is 24.5 Å². The van der Waals surface area contributed by atoms with Crippen LogP contribution in [0.25, 0.3) is 11.2 Å². The zero-order chi connectivity index (χ0) is 20.6. The fourth-order valence-corrected chi connectivity index (χ4v) is 3.18. The molecule has 0 unspecified atom stereocenters. The smallest absolute Gasteiger partial charge is 0.177 e. The van der Waals surface area contributed by atoms with Crippen LogP contribution in [0.3, 0.4) is 0 Å². The average molecular weight is 399 g/mol. The Balaban J connectivity index is 1.64. The normalized spacial score (nSPS) is 27.5. The first-order valence-electron chi connectivity index (χ1n) is 8.97. The van der Waals surface area contributed by atoms with E-state index in [9.17, 15) is 15.3 Å². The lowest BCUT2D eigenvalue weighted by Gasteiger charge is -2.24. The van der Waals surface area contributed by atoms with Gasteiger partial charge in [-0.05, 0) is 19.9 Å². The first-order valence-corrected chi connectivity index (χ1v) is 8.97. The third kappa shape index (κ3) is 3.34. The monoisotopic (exact) mass is 399 g/mol. The lowest BCUT2D eigenvalue weighted by atomic mass is 9.99. The van der Waals surface area contributed by atoms with Gasteiger partial charge in [0.25, 0.3) is 0 Å². The highest BCUT2D eigenvalue weighted by atomic mass is 16.6. The zero-order valence-corrected chi connectivity index (χ0v) is 15.8. The predicted octanol–water partition coefficient (Wildman–Crippen LogP) is 0.0590. The molecule has 0 radical (unpaired) electrons. The fraction of sp³-hybridized carbons (Fsp3) is 0.389. The second-order valence-corrected chi connectivity index (χ2v) is 7.01. The zero-order valence-electron chi connectivity index (χ0n) is 15.8. The minimum absolute atomic E-state index is 0.370. The largest absolute Gasteiger partial charge is 0.393 e. The summed E-state index contributed by atoms with van der Waals surface area (Å²) in [5.74, 6) is 0.370. The number of ether oxygens (including phenoxy) is 1. The molecule has 0 amide bonds. The van der Waals surface area contributed by atoms with Crippen molar-refractivity contribution in [2.24, 2.45) is 5.10 Å².